The van der Waals surface area contributed by atoms with Crippen LogP contribution in [0.1, 0.15) is 53.9 Å². The first kappa shape index (κ1) is 22.2. The van der Waals surface area contributed by atoms with E-state index in [0.29, 0.717) is 17.0 Å². The summed E-state index contributed by atoms with van der Waals surface area (Å²) in [4.78, 5) is 15.5. The van der Waals surface area contributed by atoms with Gasteiger partial charge in [0.05, 0.1) is 11.4 Å². The zero-order chi connectivity index (χ0) is 25.1. The summed E-state index contributed by atoms with van der Waals surface area (Å²) in [6, 6.07) is 19.1. The number of nitrogens with two attached hydrogens (primary N) is 1. The normalized spacial score (nSPS) is 15.8. The fourth-order valence-electron chi connectivity index (χ4n) is 6.57. The second-order valence-corrected chi connectivity index (χ2v) is 10.4. The molecule has 1 aliphatic carbocycles. The van der Waals surface area contributed by atoms with Crippen molar-refractivity contribution in [3.63, 3.8) is 0 Å². The Morgan fingerprint density at radius 3 is 2.59 bits per heavy atom. The maximum absolute atomic E-state index is 14.6. The SMILES string of the molecule is NC(=O)c1ccc2c(C3CCCCC3)c3n(c2c1)CCNc1c-3ccc2[nH]c(-c3ccccc3F)cc12. The molecule has 37 heavy (non-hydrogen) atoms. The third-order valence-electron chi connectivity index (χ3n) is 8.26. The summed E-state index contributed by atoms with van der Waals surface area (Å²) in [5, 5.41) is 5.97. The summed E-state index contributed by atoms with van der Waals surface area (Å²) < 4.78 is 17.0. The molecule has 0 unspecified atom stereocenters. The van der Waals surface area contributed by atoms with Crippen LogP contribution in [0, 0.1) is 5.82 Å². The summed E-state index contributed by atoms with van der Waals surface area (Å²) in [7, 11) is 0. The fourth-order valence-corrected chi connectivity index (χ4v) is 6.57. The van der Waals surface area contributed by atoms with Crippen LogP contribution < -0.4 is 11.1 Å². The number of carbonyl (C=O) groups is 1. The van der Waals surface area contributed by atoms with Crippen LogP contribution in [-0.2, 0) is 6.54 Å². The van der Waals surface area contributed by atoms with Gasteiger partial charge in [0.2, 0.25) is 5.91 Å². The Labute approximate surface area is 214 Å². The number of nitrogens with zero attached hydrogens (tertiary/aromatic N) is 1. The van der Waals surface area contributed by atoms with Gasteiger partial charge in [-0.2, -0.15) is 0 Å². The van der Waals surface area contributed by atoms with E-state index in [4.69, 9.17) is 5.73 Å². The molecule has 0 spiro atoms. The molecule has 0 atom stereocenters. The average Bonchev–Trinajstić information content (AvgIpc) is 3.43. The van der Waals surface area contributed by atoms with Gasteiger partial charge in [0, 0.05) is 57.3 Å². The first-order valence-electron chi connectivity index (χ1n) is 13.2. The van der Waals surface area contributed by atoms with Crippen molar-refractivity contribution in [1.29, 1.82) is 0 Å². The molecule has 0 radical (unpaired) electrons. The predicted molar refractivity (Wildman–Crippen MR) is 147 cm³/mol. The lowest BCUT2D eigenvalue weighted by molar-refractivity contribution is 0.100. The van der Waals surface area contributed by atoms with Crippen molar-refractivity contribution < 1.29 is 9.18 Å². The molecule has 4 N–H and O–H groups in total. The lowest BCUT2D eigenvalue weighted by Gasteiger charge is -2.24. The zero-order valence-electron chi connectivity index (χ0n) is 20.6. The van der Waals surface area contributed by atoms with Crippen LogP contribution in [0.25, 0.3) is 44.3 Å². The molecule has 2 aromatic heterocycles. The average molecular weight is 493 g/mol. The number of rotatable bonds is 3. The molecular formula is C31H29FN4O. The molecule has 1 saturated carbocycles. The minimum Gasteiger partial charge on any atom is -0.382 e. The first-order valence-corrected chi connectivity index (χ1v) is 13.2. The highest BCUT2D eigenvalue weighted by Gasteiger charge is 2.30. The van der Waals surface area contributed by atoms with Gasteiger partial charge < -0.3 is 20.6 Å². The molecule has 1 fully saturated rings. The summed E-state index contributed by atoms with van der Waals surface area (Å²) in [6.07, 6.45) is 6.12. The number of halogens is 1. The zero-order valence-corrected chi connectivity index (χ0v) is 20.6. The number of aromatic amines is 1. The van der Waals surface area contributed by atoms with Crippen molar-refractivity contribution in [3.8, 4) is 22.5 Å². The topological polar surface area (TPSA) is 75.8 Å². The van der Waals surface area contributed by atoms with E-state index in [1.165, 1.54) is 54.8 Å². The summed E-state index contributed by atoms with van der Waals surface area (Å²) in [6.45, 7) is 1.52. The Morgan fingerprint density at radius 2 is 1.78 bits per heavy atom. The van der Waals surface area contributed by atoms with Gasteiger partial charge in [-0.3, -0.25) is 4.79 Å². The molecular weight excluding hydrogens is 463 g/mol. The van der Waals surface area contributed by atoms with Gasteiger partial charge >= 0.3 is 0 Å². The Hall–Kier alpha value is -4.06. The maximum Gasteiger partial charge on any atom is 0.248 e. The third kappa shape index (κ3) is 3.46. The number of aromatic nitrogens is 2. The summed E-state index contributed by atoms with van der Waals surface area (Å²) in [5.41, 5.74) is 14.4. The highest BCUT2D eigenvalue weighted by atomic mass is 19.1. The number of hydrogen-bond acceptors (Lipinski definition) is 2. The number of benzene rings is 3. The number of H-pyrrole nitrogens is 1. The van der Waals surface area contributed by atoms with E-state index in [1.54, 1.807) is 6.07 Å². The van der Waals surface area contributed by atoms with Gasteiger partial charge in [-0.05, 0) is 66.8 Å². The van der Waals surface area contributed by atoms with Gasteiger partial charge in [0.1, 0.15) is 5.82 Å². The van der Waals surface area contributed by atoms with Crippen LogP contribution in [0.5, 0.6) is 0 Å². The second-order valence-electron chi connectivity index (χ2n) is 10.4. The van der Waals surface area contributed by atoms with Gasteiger partial charge in [-0.25, -0.2) is 4.39 Å². The van der Waals surface area contributed by atoms with Gasteiger partial charge in [0.25, 0.3) is 0 Å². The van der Waals surface area contributed by atoms with Crippen molar-refractivity contribution >= 4 is 33.4 Å². The highest BCUT2D eigenvalue weighted by molar-refractivity contribution is 6.06. The number of hydrogen-bond donors (Lipinski definition) is 3. The maximum atomic E-state index is 14.6. The highest BCUT2D eigenvalue weighted by Crippen LogP contribution is 2.48. The number of primary amides is 1. The monoisotopic (exact) mass is 492 g/mol. The number of amides is 1. The van der Waals surface area contributed by atoms with E-state index >= 15 is 0 Å². The number of anilines is 1. The lowest BCUT2D eigenvalue weighted by atomic mass is 9.81. The minimum absolute atomic E-state index is 0.238. The molecule has 2 aliphatic rings. The predicted octanol–water partition coefficient (Wildman–Crippen LogP) is 7.17. The van der Waals surface area contributed by atoms with E-state index in [9.17, 15) is 9.18 Å². The van der Waals surface area contributed by atoms with Gasteiger partial charge in [-0.15, -0.1) is 0 Å². The fraction of sp³-hybridized carbons (Fsp3) is 0.258. The van der Waals surface area contributed by atoms with Crippen LogP contribution in [0.2, 0.25) is 0 Å². The van der Waals surface area contributed by atoms with Crippen LogP contribution in [0.3, 0.4) is 0 Å². The quantitative estimate of drug-likeness (QED) is 0.250. The molecule has 3 heterocycles. The third-order valence-corrected chi connectivity index (χ3v) is 8.26. The largest absolute Gasteiger partial charge is 0.382 e. The molecule has 3 aromatic carbocycles. The van der Waals surface area contributed by atoms with E-state index in [2.05, 4.69) is 39.1 Å². The first-order chi connectivity index (χ1) is 18.1. The molecule has 6 heteroatoms. The molecule has 0 bridgehead atoms. The van der Waals surface area contributed by atoms with Crippen molar-refractivity contribution in [1.82, 2.24) is 9.55 Å². The molecule has 1 amide bonds. The Bertz CT molecular complexity index is 1690. The van der Waals surface area contributed by atoms with E-state index in [-0.39, 0.29) is 5.82 Å². The van der Waals surface area contributed by atoms with Crippen LogP contribution >= 0.6 is 0 Å². The van der Waals surface area contributed by atoms with Crippen molar-refractivity contribution in [2.24, 2.45) is 5.73 Å². The van der Waals surface area contributed by atoms with Gasteiger partial charge in [-0.1, -0.05) is 37.5 Å². The van der Waals surface area contributed by atoms with E-state index in [1.807, 2.05) is 24.3 Å². The summed E-state index contributed by atoms with van der Waals surface area (Å²) in [5.74, 6) is -0.162. The Kier molecular flexibility index (Phi) is 5.10. The van der Waals surface area contributed by atoms with Crippen LogP contribution in [0.4, 0.5) is 10.1 Å². The molecule has 5 nitrogen and oxygen atoms in total. The lowest BCUT2D eigenvalue weighted by Crippen LogP contribution is -2.11. The van der Waals surface area contributed by atoms with Gasteiger partial charge in [0.15, 0.2) is 0 Å². The molecule has 5 aromatic rings. The Balaban J connectivity index is 1.50. The standard InChI is InChI=1S/C31H29FN4O/c32-24-9-5-4-8-20(24)26-17-23-25(35-26)13-12-22-29(23)34-14-15-36-27-16-19(31(33)37)10-11-21(27)28(30(22)36)18-6-2-1-3-7-18/h4-5,8-13,16-18,34-35H,1-3,6-7,14-15H2,(H2,33,37). The van der Waals surface area contributed by atoms with Crippen molar-refractivity contribution in [2.45, 2.75) is 44.6 Å². The van der Waals surface area contributed by atoms with Crippen LogP contribution in [0.15, 0.2) is 60.7 Å². The minimum atomic E-state index is -0.404. The smallest absolute Gasteiger partial charge is 0.248 e. The van der Waals surface area contributed by atoms with E-state index in [0.717, 1.165) is 46.5 Å². The molecule has 186 valence electrons. The van der Waals surface area contributed by atoms with Crippen molar-refractivity contribution in [2.75, 3.05) is 11.9 Å². The number of carbonyl (C=O) groups excluding carboxylic acids is 1. The molecule has 1 aliphatic heterocycles. The summed E-state index contributed by atoms with van der Waals surface area (Å²) >= 11 is 0. The number of fused-ring (bicyclic) bond motifs is 7. The Morgan fingerprint density at radius 1 is 0.946 bits per heavy atom. The molecule has 0 saturated heterocycles. The van der Waals surface area contributed by atoms with Crippen molar-refractivity contribution in [3.05, 3.63) is 77.6 Å². The second kappa shape index (κ2) is 8.51. The van der Waals surface area contributed by atoms with E-state index < -0.39 is 5.91 Å². The number of nitrogens with one attached hydrogen (secondary N) is 2. The van der Waals surface area contributed by atoms with Crippen LogP contribution in [-0.4, -0.2) is 22.0 Å². The molecule has 7 rings (SSSR count).